The van der Waals surface area contributed by atoms with Crippen molar-refractivity contribution in [1.82, 2.24) is 4.98 Å². The number of nitrogens with zero attached hydrogens (tertiary/aromatic N) is 1. The molecule has 4 heteroatoms. The molecule has 2 rings (SSSR count). The molecule has 2 aromatic rings. The van der Waals surface area contributed by atoms with Gasteiger partial charge in [0.2, 0.25) is 0 Å². The van der Waals surface area contributed by atoms with Crippen LogP contribution in [0.5, 0.6) is 0 Å². The maximum atomic E-state index is 9.67. The van der Waals surface area contributed by atoms with Crippen molar-refractivity contribution < 1.29 is 5.11 Å². The van der Waals surface area contributed by atoms with E-state index in [1.165, 1.54) is 0 Å². The Morgan fingerprint density at radius 3 is 2.59 bits per heavy atom. The van der Waals surface area contributed by atoms with Crippen LogP contribution in [0.4, 0.5) is 0 Å². The fourth-order valence-corrected chi connectivity index (χ4v) is 2.65. The highest BCUT2D eigenvalue weighted by molar-refractivity contribution is 9.10. The van der Waals surface area contributed by atoms with Crippen LogP contribution in [0.3, 0.4) is 0 Å². The number of aromatic nitrogens is 1. The highest BCUT2D eigenvalue weighted by Gasteiger charge is 2.09. The lowest BCUT2D eigenvalue weighted by Gasteiger charge is -2.09. The van der Waals surface area contributed by atoms with E-state index in [-0.39, 0.29) is 0 Å². The molecular weight excluding hydrogens is 298 g/mol. The van der Waals surface area contributed by atoms with Crippen LogP contribution in [-0.4, -0.2) is 10.1 Å². The standard InChI is InChI=1S/C13H12BrNOS/c1-9(16)12-3-2-8-15-13(12)17-11-6-4-10(14)5-7-11/h2-9,16H,1H3/t9-/m1/s1. The Hall–Kier alpha value is -0.840. The molecule has 0 saturated carbocycles. The molecule has 1 N–H and O–H groups in total. The van der Waals surface area contributed by atoms with Crippen molar-refractivity contribution in [2.75, 3.05) is 0 Å². The molecule has 17 heavy (non-hydrogen) atoms. The molecule has 0 amide bonds. The van der Waals surface area contributed by atoms with Gasteiger partial charge in [-0.05, 0) is 37.3 Å². The second kappa shape index (κ2) is 5.67. The van der Waals surface area contributed by atoms with Gasteiger partial charge in [0, 0.05) is 21.1 Å². The first-order chi connectivity index (χ1) is 8.16. The summed E-state index contributed by atoms with van der Waals surface area (Å²) in [4.78, 5) is 5.41. The van der Waals surface area contributed by atoms with Crippen molar-refractivity contribution in [1.29, 1.82) is 0 Å². The molecule has 1 aromatic carbocycles. The number of hydrogen-bond donors (Lipinski definition) is 1. The predicted octanol–water partition coefficient (Wildman–Crippen LogP) is 4.05. The number of aliphatic hydroxyl groups excluding tert-OH is 1. The summed E-state index contributed by atoms with van der Waals surface area (Å²) in [6, 6.07) is 11.8. The molecule has 0 spiro atoms. The van der Waals surface area contributed by atoms with E-state index in [4.69, 9.17) is 0 Å². The van der Waals surface area contributed by atoms with Gasteiger partial charge in [-0.1, -0.05) is 33.8 Å². The summed E-state index contributed by atoms with van der Waals surface area (Å²) in [5, 5.41) is 10.5. The molecule has 2 nitrogen and oxygen atoms in total. The number of benzene rings is 1. The third-order valence-electron chi connectivity index (χ3n) is 2.28. The van der Waals surface area contributed by atoms with Gasteiger partial charge in [0.25, 0.3) is 0 Å². The zero-order chi connectivity index (χ0) is 12.3. The summed E-state index contributed by atoms with van der Waals surface area (Å²) < 4.78 is 1.05. The quantitative estimate of drug-likeness (QED) is 0.928. The largest absolute Gasteiger partial charge is 0.389 e. The third-order valence-corrected chi connectivity index (χ3v) is 3.85. The molecule has 0 bridgehead atoms. The topological polar surface area (TPSA) is 33.1 Å². The predicted molar refractivity (Wildman–Crippen MR) is 73.1 cm³/mol. The van der Waals surface area contributed by atoms with Gasteiger partial charge in [-0.15, -0.1) is 0 Å². The Morgan fingerprint density at radius 1 is 1.24 bits per heavy atom. The molecule has 1 heterocycles. The van der Waals surface area contributed by atoms with Gasteiger partial charge >= 0.3 is 0 Å². The van der Waals surface area contributed by atoms with Crippen molar-refractivity contribution in [3.63, 3.8) is 0 Å². The first kappa shape index (κ1) is 12.6. The van der Waals surface area contributed by atoms with E-state index in [2.05, 4.69) is 20.9 Å². The van der Waals surface area contributed by atoms with Gasteiger partial charge < -0.3 is 5.11 Å². The van der Waals surface area contributed by atoms with Crippen LogP contribution in [0.25, 0.3) is 0 Å². The second-order valence-electron chi connectivity index (χ2n) is 3.63. The highest BCUT2D eigenvalue weighted by Crippen LogP contribution is 2.31. The maximum Gasteiger partial charge on any atom is 0.106 e. The van der Waals surface area contributed by atoms with Gasteiger partial charge in [-0.3, -0.25) is 0 Å². The van der Waals surface area contributed by atoms with Crippen LogP contribution in [0.15, 0.2) is 57.0 Å². The molecule has 1 aromatic heterocycles. The average molecular weight is 310 g/mol. The smallest absolute Gasteiger partial charge is 0.106 e. The van der Waals surface area contributed by atoms with Crippen molar-refractivity contribution in [3.8, 4) is 0 Å². The van der Waals surface area contributed by atoms with Crippen LogP contribution in [0.2, 0.25) is 0 Å². The Morgan fingerprint density at radius 2 is 1.94 bits per heavy atom. The highest BCUT2D eigenvalue weighted by atomic mass is 79.9. The van der Waals surface area contributed by atoms with Crippen LogP contribution in [0, 0.1) is 0 Å². The fraction of sp³-hybridized carbons (Fsp3) is 0.154. The van der Waals surface area contributed by atoms with Gasteiger partial charge in [0.1, 0.15) is 5.03 Å². The summed E-state index contributed by atoms with van der Waals surface area (Å²) in [6.07, 6.45) is 1.24. The molecule has 1 atom stereocenters. The first-order valence-corrected chi connectivity index (χ1v) is 6.84. The van der Waals surface area contributed by atoms with E-state index < -0.39 is 6.10 Å². The molecule has 0 aliphatic heterocycles. The summed E-state index contributed by atoms with van der Waals surface area (Å²) in [5.41, 5.74) is 0.861. The van der Waals surface area contributed by atoms with Gasteiger partial charge in [-0.2, -0.15) is 0 Å². The summed E-state index contributed by atoms with van der Waals surface area (Å²) >= 11 is 4.96. The third kappa shape index (κ3) is 3.31. The first-order valence-electron chi connectivity index (χ1n) is 5.23. The second-order valence-corrected chi connectivity index (χ2v) is 5.61. The maximum absolute atomic E-state index is 9.67. The zero-order valence-corrected chi connectivity index (χ0v) is 11.7. The summed E-state index contributed by atoms with van der Waals surface area (Å²) in [6.45, 7) is 1.75. The Labute approximate surface area is 113 Å². The SMILES string of the molecule is C[C@@H](O)c1cccnc1Sc1ccc(Br)cc1. The number of hydrogen-bond acceptors (Lipinski definition) is 3. The summed E-state index contributed by atoms with van der Waals surface area (Å²) in [7, 11) is 0. The van der Waals surface area contributed by atoms with Crippen LogP contribution < -0.4 is 0 Å². The minimum Gasteiger partial charge on any atom is -0.389 e. The van der Waals surface area contributed by atoms with Gasteiger partial charge in [0.15, 0.2) is 0 Å². The van der Waals surface area contributed by atoms with Crippen molar-refractivity contribution in [3.05, 3.63) is 52.6 Å². The fourth-order valence-electron chi connectivity index (χ4n) is 1.42. The monoisotopic (exact) mass is 309 g/mol. The van der Waals surface area contributed by atoms with E-state index in [0.717, 1.165) is 20.0 Å². The Kier molecular flexibility index (Phi) is 4.20. The van der Waals surface area contributed by atoms with E-state index in [0.29, 0.717) is 0 Å². The lowest BCUT2D eigenvalue weighted by Crippen LogP contribution is -1.95. The van der Waals surface area contributed by atoms with Crippen LogP contribution >= 0.6 is 27.7 Å². The minimum atomic E-state index is -0.498. The lowest BCUT2D eigenvalue weighted by molar-refractivity contribution is 0.195. The molecule has 0 radical (unpaired) electrons. The van der Waals surface area contributed by atoms with Gasteiger partial charge in [0.05, 0.1) is 6.10 Å². The van der Waals surface area contributed by atoms with Crippen molar-refractivity contribution in [2.45, 2.75) is 22.9 Å². The van der Waals surface area contributed by atoms with E-state index in [9.17, 15) is 5.11 Å². The lowest BCUT2D eigenvalue weighted by atomic mass is 10.2. The van der Waals surface area contributed by atoms with E-state index in [1.807, 2.05) is 36.4 Å². The molecule has 0 aliphatic carbocycles. The van der Waals surface area contributed by atoms with Crippen LogP contribution in [-0.2, 0) is 0 Å². The molecule has 88 valence electrons. The number of halogens is 1. The van der Waals surface area contributed by atoms with E-state index in [1.54, 1.807) is 24.9 Å². The number of rotatable bonds is 3. The Balaban J connectivity index is 2.26. The number of pyridine rings is 1. The Bertz CT molecular complexity index is 499. The molecular formula is C13H12BrNOS. The molecule has 0 aliphatic rings. The van der Waals surface area contributed by atoms with E-state index >= 15 is 0 Å². The molecule has 0 fully saturated rings. The van der Waals surface area contributed by atoms with Crippen molar-refractivity contribution in [2.24, 2.45) is 0 Å². The average Bonchev–Trinajstić information content (AvgIpc) is 2.32. The molecule has 0 saturated heterocycles. The van der Waals surface area contributed by atoms with Crippen molar-refractivity contribution >= 4 is 27.7 Å². The number of aliphatic hydroxyl groups is 1. The minimum absolute atomic E-state index is 0.498. The van der Waals surface area contributed by atoms with Gasteiger partial charge in [-0.25, -0.2) is 4.98 Å². The van der Waals surface area contributed by atoms with Crippen LogP contribution in [0.1, 0.15) is 18.6 Å². The summed E-state index contributed by atoms with van der Waals surface area (Å²) in [5.74, 6) is 0. The zero-order valence-electron chi connectivity index (χ0n) is 9.30. The normalized spacial score (nSPS) is 12.4. The molecule has 0 unspecified atom stereocenters.